The number of likely N-dealkylation sites (tertiary alicyclic amines) is 1. The monoisotopic (exact) mass is 656 g/mol. The lowest BCUT2D eigenvalue weighted by Crippen LogP contribution is -2.60. The highest BCUT2D eigenvalue weighted by Gasteiger charge is 2.65. The van der Waals surface area contributed by atoms with Crippen molar-refractivity contribution in [2.24, 2.45) is 45.3 Å². The number of fused-ring (bicyclic) bond motifs is 5. The number of hydrogen-bond donors (Lipinski definition) is 2. The van der Waals surface area contributed by atoms with E-state index in [9.17, 15) is 14.7 Å². The van der Waals surface area contributed by atoms with Gasteiger partial charge >= 0.3 is 5.97 Å². The third kappa shape index (κ3) is 6.35. The summed E-state index contributed by atoms with van der Waals surface area (Å²) in [5.74, 6) is 2.31. The Labute approximate surface area is 291 Å². The van der Waals surface area contributed by atoms with Crippen molar-refractivity contribution in [2.75, 3.05) is 26.2 Å². The highest BCUT2D eigenvalue weighted by molar-refractivity contribution is 5.88. The van der Waals surface area contributed by atoms with E-state index in [1.54, 1.807) is 12.1 Å². The quantitative estimate of drug-likeness (QED) is 0.205. The van der Waals surface area contributed by atoms with Crippen molar-refractivity contribution in [3.63, 3.8) is 0 Å². The minimum absolute atomic E-state index is 0.0366. The molecule has 1 amide bonds. The van der Waals surface area contributed by atoms with Crippen molar-refractivity contribution in [2.45, 2.75) is 125 Å². The second-order valence-electron chi connectivity index (χ2n) is 17.9. The Bertz CT molecular complexity index is 1390. The number of carbonyl (C=O) groups is 2. The van der Waals surface area contributed by atoms with E-state index in [2.05, 4.69) is 57.5 Å². The summed E-state index contributed by atoms with van der Waals surface area (Å²) >= 11 is 0. The maximum atomic E-state index is 12.1. The van der Waals surface area contributed by atoms with E-state index in [0.717, 1.165) is 70.1 Å². The zero-order valence-corrected chi connectivity index (χ0v) is 30.8. The van der Waals surface area contributed by atoms with Gasteiger partial charge in [0.05, 0.1) is 5.56 Å². The van der Waals surface area contributed by atoms with E-state index in [0.29, 0.717) is 39.6 Å². The van der Waals surface area contributed by atoms with E-state index < -0.39 is 5.97 Å². The lowest BCUT2D eigenvalue weighted by atomic mass is 9.39. The third-order valence-electron chi connectivity index (χ3n) is 15.1. The maximum absolute atomic E-state index is 12.1. The number of aromatic carboxylic acids is 1. The van der Waals surface area contributed by atoms with Gasteiger partial charge in [0.2, 0.25) is 5.91 Å². The number of allylic oxidation sites excluding steroid dienone is 3. The van der Waals surface area contributed by atoms with E-state index in [1.807, 2.05) is 12.1 Å². The standard InChI is InChI=1S/C43H64N2O3/c1-30(2)34-20-23-43(29-44-26-10-28-45-27-8-13-37(45)46)25-24-42(6)36(38(34)43)19-18-33-11-7-12-35(31-14-16-32(17-15-31)39(47)48)40(3,4)21-9-22-41(33,42)5/h12,14-17,33-34,36,38,44H,1,7-11,13,18-29H2,2-6H3,(H,47,48). The summed E-state index contributed by atoms with van der Waals surface area (Å²) in [6.45, 7) is 21.1. The SMILES string of the molecule is C=C(C)C1CCC2(CNCCCN3CCCC3=O)CCC3(C)C(CCC4CCC=C(c5ccc(C(=O)O)cc5)C(C)(C)CCCC43C)C12. The predicted molar refractivity (Wildman–Crippen MR) is 197 cm³/mol. The van der Waals surface area contributed by atoms with Crippen LogP contribution < -0.4 is 5.32 Å². The summed E-state index contributed by atoms with van der Waals surface area (Å²) in [5, 5.41) is 13.4. The molecular weight excluding hydrogens is 592 g/mol. The Morgan fingerprint density at radius 2 is 1.73 bits per heavy atom. The molecule has 0 radical (unpaired) electrons. The van der Waals surface area contributed by atoms with Gasteiger partial charge in [0.1, 0.15) is 0 Å². The highest BCUT2D eigenvalue weighted by atomic mass is 16.4. The molecule has 6 rings (SSSR count). The summed E-state index contributed by atoms with van der Waals surface area (Å²) < 4.78 is 0. The Hall–Kier alpha value is -2.40. The van der Waals surface area contributed by atoms with E-state index in [4.69, 9.17) is 0 Å². The normalized spacial score (nSPS) is 36.5. The van der Waals surface area contributed by atoms with E-state index >= 15 is 0 Å². The molecule has 0 bridgehead atoms. The second kappa shape index (κ2) is 13.7. The number of benzene rings is 1. The van der Waals surface area contributed by atoms with Crippen LogP contribution in [0.15, 0.2) is 42.5 Å². The van der Waals surface area contributed by atoms with Gasteiger partial charge < -0.3 is 15.3 Å². The zero-order valence-electron chi connectivity index (χ0n) is 30.8. The van der Waals surface area contributed by atoms with Gasteiger partial charge in [0.25, 0.3) is 0 Å². The van der Waals surface area contributed by atoms with Crippen molar-refractivity contribution < 1.29 is 14.7 Å². The molecule has 1 aromatic rings. The van der Waals surface area contributed by atoms with Crippen LogP contribution in [-0.4, -0.2) is 48.1 Å². The third-order valence-corrected chi connectivity index (χ3v) is 15.1. The molecule has 264 valence electrons. The first-order valence-corrected chi connectivity index (χ1v) is 19.5. The first kappa shape index (κ1) is 35.4. The molecule has 5 heteroatoms. The van der Waals surface area contributed by atoms with Crippen molar-refractivity contribution in [1.29, 1.82) is 0 Å². The summed E-state index contributed by atoms with van der Waals surface area (Å²) in [6.07, 6.45) is 19.3. The average molecular weight is 657 g/mol. The van der Waals surface area contributed by atoms with Crippen LogP contribution in [0.1, 0.15) is 140 Å². The molecule has 3 saturated carbocycles. The molecule has 1 aromatic carbocycles. The summed E-state index contributed by atoms with van der Waals surface area (Å²) in [5.41, 5.74) is 5.40. The van der Waals surface area contributed by atoms with Gasteiger partial charge in [-0.05, 0) is 159 Å². The van der Waals surface area contributed by atoms with Gasteiger partial charge in [-0.2, -0.15) is 0 Å². The Balaban J connectivity index is 1.20. The number of nitrogens with zero attached hydrogens (tertiary/aromatic N) is 1. The van der Waals surface area contributed by atoms with E-state index in [1.165, 1.54) is 74.5 Å². The number of hydrogen-bond acceptors (Lipinski definition) is 3. The number of amides is 1. The summed E-state index contributed by atoms with van der Waals surface area (Å²) in [6, 6.07) is 7.58. The Morgan fingerprint density at radius 3 is 2.42 bits per heavy atom. The molecule has 1 saturated heterocycles. The minimum Gasteiger partial charge on any atom is -0.478 e. The van der Waals surface area contributed by atoms with Gasteiger partial charge in [-0.3, -0.25) is 4.79 Å². The van der Waals surface area contributed by atoms with Gasteiger partial charge in [-0.1, -0.05) is 64.5 Å². The molecule has 2 N–H and O–H groups in total. The van der Waals surface area contributed by atoms with Crippen LogP contribution in [0.5, 0.6) is 0 Å². The van der Waals surface area contributed by atoms with Gasteiger partial charge in [0.15, 0.2) is 0 Å². The van der Waals surface area contributed by atoms with Crippen LogP contribution in [-0.2, 0) is 4.79 Å². The Morgan fingerprint density at radius 1 is 0.958 bits per heavy atom. The first-order valence-electron chi connectivity index (χ1n) is 19.5. The van der Waals surface area contributed by atoms with Crippen LogP contribution in [0, 0.1) is 45.3 Å². The fourth-order valence-electron chi connectivity index (χ4n) is 12.2. The average Bonchev–Trinajstić information content (AvgIpc) is 3.64. The van der Waals surface area contributed by atoms with Crippen molar-refractivity contribution in [1.82, 2.24) is 10.2 Å². The highest BCUT2D eigenvalue weighted by Crippen LogP contribution is 2.72. The number of rotatable bonds is 9. The summed E-state index contributed by atoms with van der Waals surface area (Å²) in [7, 11) is 0. The largest absolute Gasteiger partial charge is 0.478 e. The number of carbonyl (C=O) groups excluding carboxylic acids is 1. The number of nitrogens with one attached hydrogen (secondary N) is 1. The summed E-state index contributed by atoms with van der Waals surface area (Å²) in [4.78, 5) is 25.7. The molecule has 1 aliphatic heterocycles. The molecule has 4 aliphatic carbocycles. The molecule has 7 unspecified atom stereocenters. The molecule has 7 atom stereocenters. The fraction of sp³-hybridized carbons (Fsp3) is 0.721. The Kier molecular flexibility index (Phi) is 10.1. The predicted octanol–water partition coefficient (Wildman–Crippen LogP) is 9.78. The molecule has 5 nitrogen and oxygen atoms in total. The van der Waals surface area contributed by atoms with Crippen molar-refractivity contribution >= 4 is 17.4 Å². The van der Waals surface area contributed by atoms with Crippen LogP contribution in [0.3, 0.4) is 0 Å². The van der Waals surface area contributed by atoms with Crippen LogP contribution in [0.25, 0.3) is 5.57 Å². The molecule has 1 heterocycles. The number of carboxylic acids is 1. The maximum Gasteiger partial charge on any atom is 0.335 e. The second-order valence-corrected chi connectivity index (χ2v) is 17.9. The van der Waals surface area contributed by atoms with Crippen molar-refractivity contribution in [3.8, 4) is 0 Å². The lowest BCUT2D eigenvalue weighted by molar-refractivity contribution is -0.169. The lowest BCUT2D eigenvalue weighted by Gasteiger charge is -2.66. The smallest absolute Gasteiger partial charge is 0.335 e. The molecule has 0 spiro atoms. The fourth-order valence-corrected chi connectivity index (χ4v) is 12.2. The van der Waals surface area contributed by atoms with Crippen molar-refractivity contribution in [3.05, 3.63) is 53.6 Å². The van der Waals surface area contributed by atoms with Crippen LogP contribution in [0.2, 0.25) is 0 Å². The molecule has 5 aliphatic rings. The molecule has 4 fully saturated rings. The van der Waals surface area contributed by atoms with Crippen LogP contribution in [0.4, 0.5) is 0 Å². The molecular formula is C43H64N2O3. The van der Waals surface area contributed by atoms with E-state index in [-0.39, 0.29) is 5.41 Å². The van der Waals surface area contributed by atoms with Gasteiger partial charge in [-0.25, -0.2) is 4.79 Å². The number of carboxylic acid groups (broad SMARTS) is 1. The van der Waals surface area contributed by atoms with Crippen LogP contribution >= 0.6 is 0 Å². The minimum atomic E-state index is -0.862. The zero-order chi connectivity index (χ0) is 34.3. The van der Waals surface area contributed by atoms with Gasteiger partial charge in [-0.15, -0.1) is 0 Å². The van der Waals surface area contributed by atoms with Gasteiger partial charge in [0, 0.05) is 26.1 Å². The molecule has 0 aromatic heterocycles. The first-order chi connectivity index (χ1) is 22.8. The topological polar surface area (TPSA) is 69.6 Å². The molecule has 48 heavy (non-hydrogen) atoms.